The molecule has 15 heavy (non-hydrogen) atoms. The maximum Gasteiger partial charge on any atom is 0.416 e. The average molecular weight is 326 g/mol. The third kappa shape index (κ3) is 1.82. The normalized spacial score (nSPS) is 12.3. The third-order valence-corrected chi connectivity index (χ3v) is 3.35. The lowest BCUT2D eigenvalue weighted by molar-refractivity contribution is -0.137. The summed E-state index contributed by atoms with van der Waals surface area (Å²) in [4.78, 5) is 4.04. The zero-order valence-corrected chi connectivity index (χ0v) is 9.80. The van der Waals surface area contributed by atoms with Crippen LogP contribution in [-0.2, 0) is 6.18 Å². The zero-order valence-electron chi connectivity index (χ0n) is 7.64. The highest BCUT2D eigenvalue weighted by atomic mass is 127. The molecule has 80 valence electrons. The Bertz CT molecular complexity index is 516. The average Bonchev–Trinajstić information content (AvgIpc) is 2.41. The molecule has 0 saturated carbocycles. The molecule has 0 aliphatic heterocycles. The first-order chi connectivity index (χ1) is 6.89. The van der Waals surface area contributed by atoms with Crippen LogP contribution in [0.1, 0.15) is 11.3 Å². The minimum Gasteiger partial charge on any atom is -0.295 e. The van der Waals surface area contributed by atoms with Crippen molar-refractivity contribution in [3.63, 3.8) is 0 Å². The van der Waals surface area contributed by atoms with E-state index in [2.05, 4.69) is 4.98 Å². The summed E-state index contributed by atoms with van der Waals surface area (Å²) in [7, 11) is 0. The van der Waals surface area contributed by atoms with Gasteiger partial charge in [0.2, 0.25) is 0 Å². The topological polar surface area (TPSA) is 17.3 Å². The summed E-state index contributed by atoms with van der Waals surface area (Å²) in [5, 5.41) is 0. The highest BCUT2D eigenvalue weighted by Crippen LogP contribution is 2.30. The quantitative estimate of drug-likeness (QED) is 0.679. The van der Waals surface area contributed by atoms with Crippen LogP contribution in [0.15, 0.2) is 18.3 Å². The van der Waals surface area contributed by atoms with Crippen LogP contribution in [0.3, 0.4) is 0 Å². The monoisotopic (exact) mass is 326 g/mol. The van der Waals surface area contributed by atoms with E-state index in [9.17, 15) is 13.2 Å². The zero-order chi connectivity index (χ0) is 11.2. The molecule has 0 spiro atoms. The van der Waals surface area contributed by atoms with Crippen LogP contribution in [0.2, 0.25) is 0 Å². The molecule has 2 aromatic heterocycles. The number of aromatic nitrogens is 2. The van der Waals surface area contributed by atoms with Crippen molar-refractivity contribution in [2.45, 2.75) is 13.1 Å². The van der Waals surface area contributed by atoms with Gasteiger partial charge < -0.3 is 0 Å². The lowest BCUT2D eigenvalue weighted by Crippen LogP contribution is -2.05. The molecule has 2 nitrogen and oxygen atoms in total. The third-order valence-electron chi connectivity index (χ3n) is 2.05. The van der Waals surface area contributed by atoms with Gasteiger partial charge in [-0.1, -0.05) is 0 Å². The molecular weight excluding hydrogens is 320 g/mol. The second-order valence-corrected chi connectivity index (χ2v) is 4.15. The van der Waals surface area contributed by atoms with Gasteiger partial charge in [-0.3, -0.25) is 4.40 Å². The summed E-state index contributed by atoms with van der Waals surface area (Å²) in [6.07, 6.45) is -2.92. The van der Waals surface area contributed by atoms with Crippen molar-refractivity contribution < 1.29 is 13.2 Å². The van der Waals surface area contributed by atoms with Crippen LogP contribution in [0.25, 0.3) is 5.65 Å². The van der Waals surface area contributed by atoms with E-state index in [4.69, 9.17) is 0 Å². The molecule has 2 aromatic rings. The fourth-order valence-electron chi connectivity index (χ4n) is 1.31. The molecule has 0 bridgehead atoms. The van der Waals surface area contributed by atoms with Gasteiger partial charge >= 0.3 is 6.18 Å². The number of hydrogen-bond donors (Lipinski definition) is 0. The summed E-state index contributed by atoms with van der Waals surface area (Å²) in [6.45, 7) is 1.77. The van der Waals surface area contributed by atoms with Crippen molar-refractivity contribution in [1.82, 2.24) is 9.38 Å². The summed E-state index contributed by atoms with van der Waals surface area (Å²) >= 11 is 2.05. The molecule has 0 N–H and O–H groups in total. The lowest BCUT2D eigenvalue weighted by atomic mass is 10.2. The van der Waals surface area contributed by atoms with Crippen LogP contribution >= 0.6 is 22.6 Å². The Labute approximate surface area is 97.3 Å². The predicted molar refractivity (Wildman–Crippen MR) is 57.6 cm³/mol. The Morgan fingerprint density at radius 2 is 2.07 bits per heavy atom. The van der Waals surface area contributed by atoms with Crippen molar-refractivity contribution in [1.29, 1.82) is 0 Å². The van der Waals surface area contributed by atoms with Gasteiger partial charge in [-0.2, -0.15) is 13.2 Å². The Hall–Kier alpha value is -0.790. The van der Waals surface area contributed by atoms with Gasteiger partial charge in [0.05, 0.1) is 11.3 Å². The number of rotatable bonds is 0. The number of nitrogens with zero attached hydrogens (tertiary/aromatic N) is 2. The number of alkyl halides is 3. The molecule has 0 aromatic carbocycles. The van der Waals surface area contributed by atoms with Crippen LogP contribution < -0.4 is 0 Å². The van der Waals surface area contributed by atoms with E-state index in [0.29, 0.717) is 5.65 Å². The van der Waals surface area contributed by atoms with E-state index in [1.807, 2.05) is 22.6 Å². The highest BCUT2D eigenvalue weighted by Gasteiger charge is 2.30. The highest BCUT2D eigenvalue weighted by molar-refractivity contribution is 14.1. The minimum atomic E-state index is -4.31. The van der Waals surface area contributed by atoms with E-state index >= 15 is 0 Å². The fraction of sp³-hybridized carbons (Fsp3) is 0.222. The molecule has 0 radical (unpaired) electrons. The van der Waals surface area contributed by atoms with Crippen molar-refractivity contribution in [2.75, 3.05) is 0 Å². The molecule has 0 unspecified atom stereocenters. The molecule has 0 amide bonds. The number of hydrogen-bond acceptors (Lipinski definition) is 1. The van der Waals surface area contributed by atoms with Gasteiger partial charge in [0, 0.05) is 6.20 Å². The summed E-state index contributed by atoms with van der Waals surface area (Å²) in [6, 6.07) is 2.10. The van der Waals surface area contributed by atoms with Crippen molar-refractivity contribution in [2.24, 2.45) is 0 Å². The molecule has 0 saturated heterocycles. The molecule has 2 heterocycles. The van der Waals surface area contributed by atoms with Crippen LogP contribution in [0.4, 0.5) is 13.2 Å². The number of imidazole rings is 1. The standard InChI is InChI=1S/C9H6F3IN2/c1-5-8(13)15-3-2-6(9(10,11)12)4-7(15)14-5/h2-4H,1H3. The Balaban J connectivity index is 2.67. The largest absolute Gasteiger partial charge is 0.416 e. The van der Waals surface area contributed by atoms with Crippen molar-refractivity contribution in [3.8, 4) is 0 Å². The summed E-state index contributed by atoms with van der Waals surface area (Å²) in [5.74, 6) is 0. The van der Waals surface area contributed by atoms with Gasteiger partial charge in [-0.15, -0.1) is 0 Å². The first kappa shape index (κ1) is 10.7. The Morgan fingerprint density at radius 1 is 1.40 bits per heavy atom. The Morgan fingerprint density at radius 3 is 2.67 bits per heavy atom. The van der Waals surface area contributed by atoms with E-state index < -0.39 is 11.7 Å². The second kappa shape index (κ2) is 3.36. The van der Waals surface area contributed by atoms with Crippen molar-refractivity contribution in [3.05, 3.63) is 33.3 Å². The molecule has 0 aliphatic carbocycles. The first-order valence-electron chi connectivity index (χ1n) is 4.11. The van der Waals surface area contributed by atoms with Gasteiger partial charge in [0.25, 0.3) is 0 Å². The van der Waals surface area contributed by atoms with Crippen LogP contribution in [0.5, 0.6) is 0 Å². The maximum atomic E-state index is 12.4. The van der Waals surface area contributed by atoms with Gasteiger partial charge in [-0.25, -0.2) is 4.98 Å². The predicted octanol–water partition coefficient (Wildman–Crippen LogP) is 3.27. The Kier molecular flexibility index (Phi) is 2.40. The van der Waals surface area contributed by atoms with Gasteiger partial charge in [0.15, 0.2) is 0 Å². The number of halogens is 4. The van der Waals surface area contributed by atoms with E-state index in [0.717, 1.165) is 21.5 Å². The SMILES string of the molecule is Cc1nc2cc(C(F)(F)F)ccn2c1I. The smallest absolute Gasteiger partial charge is 0.295 e. The molecular formula is C9H6F3IN2. The summed E-state index contributed by atoms with van der Waals surface area (Å²) < 4.78 is 39.6. The molecule has 0 fully saturated rings. The van der Waals surface area contributed by atoms with Gasteiger partial charge in [-0.05, 0) is 41.6 Å². The number of fused-ring (bicyclic) bond motifs is 1. The van der Waals surface area contributed by atoms with Crippen molar-refractivity contribution >= 4 is 28.2 Å². The molecule has 6 heteroatoms. The number of aryl methyl sites for hydroxylation is 1. The van der Waals surface area contributed by atoms with E-state index in [1.165, 1.54) is 6.20 Å². The van der Waals surface area contributed by atoms with Crippen LogP contribution in [0, 0.1) is 10.6 Å². The maximum absolute atomic E-state index is 12.4. The fourth-order valence-corrected chi connectivity index (χ4v) is 1.84. The minimum absolute atomic E-state index is 0.326. The molecule has 2 rings (SSSR count). The van der Waals surface area contributed by atoms with Crippen LogP contribution in [-0.4, -0.2) is 9.38 Å². The summed E-state index contributed by atoms with van der Waals surface area (Å²) in [5.41, 5.74) is 0.387. The first-order valence-corrected chi connectivity index (χ1v) is 5.19. The lowest BCUT2D eigenvalue weighted by Gasteiger charge is -2.06. The van der Waals surface area contributed by atoms with Gasteiger partial charge in [0.1, 0.15) is 9.35 Å². The van der Waals surface area contributed by atoms with E-state index in [1.54, 1.807) is 11.3 Å². The number of pyridine rings is 1. The second-order valence-electron chi connectivity index (χ2n) is 3.13. The van der Waals surface area contributed by atoms with E-state index in [-0.39, 0.29) is 0 Å². The molecule has 0 aliphatic rings. The molecule has 0 atom stereocenters.